The zero-order chi connectivity index (χ0) is 14.0. The number of ketones is 1. The van der Waals surface area contributed by atoms with E-state index in [1.54, 1.807) is 30.3 Å². The molecule has 0 amide bonds. The highest BCUT2D eigenvalue weighted by atomic mass is 16.4. The summed E-state index contributed by atoms with van der Waals surface area (Å²) in [5.74, 6) is -1.34. The van der Waals surface area contributed by atoms with Gasteiger partial charge in [-0.25, -0.2) is 4.79 Å². The second kappa shape index (κ2) is 5.06. The molecule has 0 fully saturated rings. The standard InChI is InChI=1S/C16H14O3/c1-10-6-5-9-12(11(10)2)15(17)13-7-3-4-8-14(13)16(18)19/h3-9H,1-2H3,(H,18,19). The zero-order valence-electron chi connectivity index (χ0n) is 10.8. The Morgan fingerprint density at radius 2 is 1.42 bits per heavy atom. The van der Waals surface area contributed by atoms with Gasteiger partial charge in [0.05, 0.1) is 5.56 Å². The number of hydrogen-bond donors (Lipinski definition) is 1. The molecule has 19 heavy (non-hydrogen) atoms. The summed E-state index contributed by atoms with van der Waals surface area (Å²) in [6.45, 7) is 3.79. The molecule has 0 heterocycles. The van der Waals surface area contributed by atoms with Gasteiger partial charge in [-0.1, -0.05) is 36.4 Å². The highest BCUT2D eigenvalue weighted by Gasteiger charge is 2.18. The van der Waals surface area contributed by atoms with Crippen molar-refractivity contribution in [2.45, 2.75) is 13.8 Å². The van der Waals surface area contributed by atoms with Gasteiger partial charge in [-0.3, -0.25) is 4.79 Å². The van der Waals surface area contributed by atoms with Crippen LogP contribution in [0.15, 0.2) is 42.5 Å². The summed E-state index contributed by atoms with van der Waals surface area (Å²) < 4.78 is 0. The fourth-order valence-corrected chi connectivity index (χ4v) is 2.01. The molecule has 0 aromatic heterocycles. The lowest BCUT2D eigenvalue weighted by molar-refractivity contribution is 0.0693. The monoisotopic (exact) mass is 254 g/mol. The van der Waals surface area contributed by atoms with Crippen molar-refractivity contribution in [1.82, 2.24) is 0 Å². The Hall–Kier alpha value is -2.42. The maximum Gasteiger partial charge on any atom is 0.336 e. The molecular formula is C16H14O3. The molecule has 0 saturated carbocycles. The number of carboxylic acid groups (broad SMARTS) is 1. The van der Waals surface area contributed by atoms with Crippen LogP contribution >= 0.6 is 0 Å². The minimum atomic E-state index is -1.09. The van der Waals surface area contributed by atoms with Crippen LogP contribution < -0.4 is 0 Å². The van der Waals surface area contributed by atoms with Crippen LogP contribution in [0.2, 0.25) is 0 Å². The van der Waals surface area contributed by atoms with E-state index >= 15 is 0 Å². The Labute approximate surface area is 111 Å². The van der Waals surface area contributed by atoms with Gasteiger partial charge in [-0.05, 0) is 31.0 Å². The third-order valence-electron chi connectivity index (χ3n) is 3.25. The van der Waals surface area contributed by atoms with Gasteiger partial charge < -0.3 is 5.11 Å². The van der Waals surface area contributed by atoms with Crippen molar-refractivity contribution in [3.8, 4) is 0 Å². The van der Waals surface area contributed by atoms with Crippen molar-refractivity contribution in [2.75, 3.05) is 0 Å². The second-order valence-electron chi connectivity index (χ2n) is 4.43. The Kier molecular flexibility index (Phi) is 3.47. The second-order valence-corrected chi connectivity index (χ2v) is 4.43. The first kappa shape index (κ1) is 13.0. The Morgan fingerprint density at radius 1 is 0.842 bits per heavy atom. The topological polar surface area (TPSA) is 54.4 Å². The van der Waals surface area contributed by atoms with E-state index in [1.807, 2.05) is 19.9 Å². The molecule has 0 unspecified atom stereocenters. The van der Waals surface area contributed by atoms with Gasteiger partial charge in [0, 0.05) is 11.1 Å². The van der Waals surface area contributed by atoms with E-state index < -0.39 is 5.97 Å². The van der Waals surface area contributed by atoms with Crippen LogP contribution in [0.4, 0.5) is 0 Å². The van der Waals surface area contributed by atoms with Crippen LogP contribution in [0.5, 0.6) is 0 Å². The van der Waals surface area contributed by atoms with Crippen molar-refractivity contribution in [1.29, 1.82) is 0 Å². The van der Waals surface area contributed by atoms with Crippen LogP contribution in [-0.2, 0) is 0 Å². The maximum absolute atomic E-state index is 12.5. The highest BCUT2D eigenvalue weighted by molar-refractivity contribution is 6.14. The van der Waals surface area contributed by atoms with Gasteiger partial charge in [-0.15, -0.1) is 0 Å². The van der Waals surface area contributed by atoms with E-state index in [-0.39, 0.29) is 16.9 Å². The van der Waals surface area contributed by atoms with Gasteiger partial charge in [-0.2, -0.15) is 0 Å². The molecule has 0 saturated heterocycles. The van der Waals surface area contributed by atoms with Crippen molar-refractivity contribution in [3.63, 3.8) is 0 Å². The number of aromatic carboxylic acids is 1. The molecule has 0 aliphatic heterocycles. The Balaban J connectivity index is 2.57. The van der Waals surface area contributed by atoms with Crippen LogP contribution in [0.3, 0.4) is 0 Å². The lowest BCUT2D eigenvalue weighted by atomic mass is 9.93. The summed E-state index contributed by atoms with van der Waals surface area (Å²) in [5, 5.41) is 9.13. The normalized spacial score (nSPS) is 10.2. The average molecular weight is 254 g/mol. The van der Waals surface area contributed by atoms with Crippen LogP contribution in [0.25, 0.3) is 0 Å². The lowest BCUT2D eigenvalue weighted by Gasteiger charge is -2.09. The van der Waals surface area contributed by atoms with E-state index in [9.17, 15) is 9.59 Å². The smallest absolute Gasteiger partial charge is 0.336 e. The summed E-state index contributed by atoms with van der Waals surface area (Å²) in [7, 11) is 0. The summed E-state index contributed by atoms with van der Waals surface area (Å²) in [6, 6.07) is 11.7. The first-order chi connectivity index (χ1) is 9.02. The number of hydrogen-bond acceptors (Lipinski definition) is 2. The summed E-state index contributed by atoms with van der Waals surface area (Å²) in [6.07, 6.45) is 0. The molecule has 3 nitrogen and oxygen atoms in total. The maximum atomic E-state index is 12.5. The SMILES string of the molecule is Cc1cccc(C(=O)c2ccccc2C(=O)O)c1C. The van der Waals surface area contributed by atoms with Gasteiger partial charge >= 0.3 is 5.97 Å². The molecule has 0 bridgehead atoms. The first-order valence-corrected chi connectivity index (χ1v) is 5.95. The van der Waals surface area contributed by atoms with E-state index in [4.69, 9.17) is 5.11 Å². The van der Waals surface area contributed by atoms with Crippen LogP contribution in [0, 0.1) is 13.8 Å². The summed E-state index contributed by atoms with van der Waals surface area (Å²) in [4.78, 5) is 23.6. The van der Waals surface area contributed by atoms with Crippen molar-refractivity contribution in [3.05, 3.63) is 70.3 Å². The molecular weight excluding hydrogens is 240 g/mol. The highest BCUT2D eigenvalue weighted by Crippen LogP contribution is 2.19. The third kappa shape index (κ3) is 2.40. The zero-order valence-corrected chi connectivity index (χ0v) is 10.8. The molecule has 0 atom stereocenters. The predicted octanol–water partition coefficient (Wildman–Crippen LogP) is 3.23. The fourth-order valence-electron chi connectivity index (χ4n) is 2.01. The van der Waals surface area contributed by atoms with E-state index in [0.717, 1.165) is 11.1 Å². The quantitative estimate of drug-likeness (QED) is 0.855. The van der Waals surface area contributed by atoms with Crippen molar-refractivity contribution < 1.29 is 14.7 Å². The van der Waals surface area contributed by atoms with E-state index in [1.165, 1.54) is 6.07 Å². The minimum Gasteiger partial charge on any atom is -0.478 e. The summed E-state index contributed by atoms with van der Waals surface area (Å²) in [5.41, 5.74) is 2.71. The molecule has 3 heteroatoms. The van der Waals surface area contributed by atoms with Crippen LogP contribution in [0.1, 0.15) is 37.4 Å². The molecule has 2 aromatic rings. The fraction of sp³-hybridized carbons (Fsp3) is 0.125. The number of rotatable bonds is 3. The lowest BCUT2D eigenvalue weighted by Crippen LogP contribution is -2.11. The summed E-state index contributed by atoms with van der Waals surface area (Å²) >= 11 is 0. The van der Waals surface area contributed by atoms with Crippen molar-refractivity contribution in [2.24, 2.45) is 0 Å². The molecule has 0 spiro atoms. The molecule has 1 N–H and O–H groups in total. The molecule has 0 aliphatic carbocycles. The number of carbonyl (C=O) groups excluding carboxylic acids is 1. The molecule has 2 rings (SSSR count). The number of benzene rings is 2. The van der Waals surface area contributed by atoms with Gasteiger partial charge in [0.25, 0.3) is 0 Å². The van der Waals surface area contributed by atoms with Gasteiger partial charge in [0.2, 0.25) is 0 Å². The number of carbonyl (C=O) groups is 2. The molecule has 96 valence electrons. The third-order valence-corrected chi connectivity index (χ3v) is 3.25. The largest absolute Gasteiger partial charge is 0.478 e. The van der Waals surface area contributed by atoms with E-state index in [2.05, 4.69) is 0 Å². The molecule has 2 aromatic carbocycles. The van der Waals surface area contributed by atoms with Gasteiger partial charge in [0.15, 0.2) is 5.78 Å². The molecule has 0 radical (unpaired) electrons. The predicted molar refractivity (Wildman–Crippen MR) is 72.7 cm³/mol. The minimum absolute atomic E-state index is 0.0356. The Morgan fingerprint density at radius 3 is 2.05 bits per heavy atom. The van der Waals surface area contributed by atoms with Crippen LogP contribution in [-0.4, -0.2) is 16.9 Å². The average Bonchev–Trinajstić information content (AvgIpc) is 2.41. The number of aryl methyl sites for hydroxylation is 1. The number of carboxylic acids is 1. The molecule has 0 aliphatic rings. The van der Waals surface area contributed by atoms with Gasteiger partial charge in [0.1, 0.15) is 0 Å². The van der Waals surface area contributed by atoms with E-state index in [0.29, 0.717) is 5.56 Å². The Bertz CT molecular complexity index is 657. The first-order valence-electron chi connectivity index (χ1n) is 5.95. The van der Waals surface area contributed by atoms with Crippen molar-refractivity contribution >= 4 is 11.8 Å².